The highest BCUT2D eigenvalue weighted by Gasteiger charge is 2.11. The van der Waals surface area contributed by atoms with Crippen LogP contribution in [0, 0.1) is 0 Å². The topological polar surface area (TPSA) is 50.4 Å². The molecule has 0 saturated heterocycles. The fraction of sp³-hybridized carbons (Fsp3) is 0.533. The summed E-state index contributed by atoms with van der Waals surface area (Å²) in [7, 11) is 0. The molecule has 4 nitrogen and oxygen atoms in total. The van der Waals surface area contributed by atoms with Crippen molar-refractivity contribution in [1.82, 2.24) is 10.6 Å². The third kappa shape index (κ3) is 6.55. The normalized spacial score (nSPS) is 10.8. The summed E-state index contributed by atoms with van der Waals surface area (Å²) in [5.74, 6) is 0.544. The Labute approximate surface area is 136 Å². The summed E-state index contributed by atoms with van der Waals surface area (Å²) in [6.07, 6.45) is 0.289. The molecule has 0 aliphatic heterocycles. The van der Waals surface area contributed by atoms with Crippen LogP contribution in [0.3, 0.4) is 0 Å². The Morgan fingerprint density at radius 3 is 2.67 bits per heavy atom. The van der Waals surface area contributed by atoms with Crippen LogP contribution in [0.5, 0.6) is 5.75 Å². The minimum atomic E-state index is -0.0386. The first-order valence-corrected chi connectivity index (χ1v) is 7.80. The average Bonchev–Trinajstić information content (AvgIpc) is 2.38. The van der Waals surface area contributed by atoms with E-state index in [0.717, 1.165) is 12.1 Å². The third-order valence-corrected chi connectivity index (χ3v) is 3.17. The van der Waals surface area contributed by atoms with Crippen LogP contribution >= 0.6 is 23.2 Å². The number of benzene rings is 1. The Morgan fingerprint density at radius 2 is 2.05 bits per heavy atom. The third-order valence-electron chi connectivity index (χ3n) is 2.68. The number of ether oxygens (including phenoxy) is 1. The van der Waals surface area contributed by atoms with Crippen molar-refractivity contribution in [1.29, 1.82) is 0 Å². The minimum Gasteiger partial charge on any atom is -0.491 e. The lowest BCUT2D eigenvalue weighted by Gasteiger charge is -2.14. The van der Waals surface area contributed by atoms with Gasteiger partial charge >= 0.3 is 0 Å². The molecule has 0 aliphatic carbocycles. The molecule has 0 saturated carbocycles. The van der Waals surface area contributed by atoms with Crippen LogP contribution in [-0.2, 0) is 11.3 Å². The molecule has 0 aromatic heterocycles. The Bertz CT molecular complexity index is 479. The molecule has 0 heterocycles. The van der Waals surface area contributed by atoms with E-state index in [1.165, 1.54) is 0 Å². The maximum Gasteiger partial charge on any atom is 0.223 e. The molecular weight excluding hydrogens is 311 g/mol. The van der Waals surface area contributed by atoms with Crippen molar-refractivity contribution >= 4 is 29.1 Å². The van der Waals surface area contributed by atoms with Crippen LogP contribution in [0.4, 0.5) is 0 Å². The monoisotopic (exact) mass is 332 g/mol. The van der Waals surface area contributed by atoms with Gasteiger partial charge in [-0.05, 0) is 32.5 Å². The lowest BCUT2D eigenvalue weighted by Crippen LogP contribution is -2.31. The molecule has 6 heteroatoms. The van der Waals surface area contributed by atoms with Crippen LogP contribution in [0.15, 0.2) is 12.1 Å². The predicted molar refractivity (Wildman–Crippen MR) is 87.2 cm³/mol. The highest BCUT2D eigenvalue weighted by atomic mass is 35.5. The van der Waals surface area contributed by atoms with Gasteiger partial charge in [0.2, 0.25) is 5.91 Å². The molecule has 0 unspecified atom stereocenters. The van der Waals surface area contributed by atoms with Crippen molar-refractivity contribution in [2.75, 3.05) is 13.2 Å². The van der Waals surface area contributed by atoms with E-state index in [0.29, 0.717) is 22.3 Å². The summed E-state index contributed by atoms with van der Waals surface area (Å²) in [4.78, 5) is 11.6. The van der Waals surface area contributed by atoms with Gasteiger partial charge in [-0.25, -0.2) is 0 Å². The summed E-state index contributed by atoms with van der Waals surface area (Å²) >= 11 is 12.2. The van der Waals surface area contributed by atoms with E-state index in [4.69, 9.17) is 27.9 Å². The molecule has 0 radical (unpaired) electrons. The Hall–Kier alpha value is -0.970. The van der Waals surface area contributed by atoms with E-state index in [-0.39, 0.29) is 25.0 Å². The number of hydrogen-bond donors (Lipinski definition) is 2. The molecule has 1 aromatic carbocycles. The lowest BCUT2D eigenvalue weighted by atomic mass is 10.2. The molecule has 0 aliphatic rings. The first-order valence-electron chi connectivity index (χ1n) is 7.04. The van der Waals surface area contributed by atoms with Gasteiger partial charge in [-0.1, -0.05) is 30.1 Å². The zero-order chi connectivity index (χ0) is 15.8. The summed E-state index contributed by atoms with van der Waals surface area (Å²) < 4.78 is 5.68. The maximum absolute atomic E-state index is 11.6. The van der Waals surface area contributed by atoms with Crippen LogP contribution in [0.25, 0.3) is 0 Å². The molecule has 1 rings (SSSR count). The van der Waals surface area contributed by atoms with Crippen molar-refractivity contribution in [3.05, 3.63) is 27.7 Å². The number of nitrogens with one attached hydrogen (secondary N) is 2. The van der Waals surface area contributed by atoms with Crippen LogP contribution in [0.2, 0.25) is 10.0 Å². The number of carbonyl (C=O) groups excluding carboxylic acids is 1. The molecule has 1 amide bonds. The van der Waals surface area contributed by atoms with Crippen molar-refractivity contribution in [3.63, 3.8) is 0 Å². The minimum absolute atomic E-state index is 0.0386. The van der Waals surface area contributed by atoms with Crippen LogP contribution in [0.1, 0.15) is 32.8 Å². The Morgan fingerprint density at radius 1 is 1.33 bits per heavy atom. The highest BCUT2D eigenvalue weighted by molar-refractivity contribution is 6.35. The van der Waals surface area contributed by atoms with Crippen molar-refractivity contribution < 1.29 is 9.53 Å². The molecule has 118 valence electrons. The van der Waals surface area contributed by atoms with Gasteiger partial charge in [0.1, 0.15) is 5.75 Å². The van der Waals surface area contributed by atoms with Gasteiger partial charge in [0.25, 0.3) is 0 Å². The second-order valence-corrected chi connectivity index (χ2v) is 5.82. The molecular formula is C15H22Cl2N2O2. The van der Waals surface area contributed by atoms with Gasteiger partial charge in [0, 0.05) is 23.2 Å². The number of carbonyl (C=O) groups is 1. The number of rotatable bonds is 8. The predicted octanol–water partition coefficient (Wildman–Crippen LogP) is 3.40. The largest absolute Gasteiger partial charge is 0.491 e. The summed E-state index contributed by atoms with van der Waals surface area (Å²) in [6, 6.07) is 3.59. The SMILES string of the molecule is CCNCc1cc(Cl)cc(Cl)c1OCCC(=O)NC(C)C. The van der Waals surface area contributed by atoms with E-state index in [1.54, 1.807) is 6.07 Å². The quantitative estimate of drug-likeness (QED) is 0.767. The summed E-state index contributed by atoms with van der Waals surface area (Å²) in [6.45, 7) is 7.58. The van der Waals surface area contributed by atoms with Gasteiger partial charge in [-0.15, -0.1) is 0 Å². The second-order valence-electron chi connectivity index (χ2n) is 4.98. The fourth-order valence-electron chi connectivity index (χ4n) is 1.81. The molecule has 0 spiro atoms. The Balaban J connectivity index is 2.66. The molecule has 2 N–H and O–H groups in total. The smallest absolute Gasteiger partial charge is 0.223 e. The van der Waals surface area contributed by atoms with Gasteiger partial charge < -0.3 is 15.4 Å². The van der Waals surface area contributed by atoms with Crippen molar-refractivity contribution in [2.24, 2.45) is 0 Å². The van der Waals surface area contributed by atoms with E-state index < -0.39 is 0 Å². The van der Waals surface area contributed by atoms with E-state index in [9.17, 15) is 4.79 Å². The fourth-order valence-corrected chi connectivity index (χ4v) is 2.40. The van der Waals surface area contributed by atoms with E-state index in [2.05, 4.69) is 10.6 Å². The lowest BCUT2D eigenvalue weighted by molar-refractivity contribution is -0.122. The number of hydrogen-bond acceptors (Lipinski definition) is 3. The van der Waals surface area contributed by atoms with Crippen LogP contribution < -0.4 is 15.4 Å². The first kappa shape index (κ1) is 18.1. The molecule has 1 aromatic rings. The molecule has 0 fully saturated rings. The number of halogens is 2. The van der Waals surface area contributed by atoms with Gasteiger partial charge in [0.15, 0.2) is 0 Å². The van der Waals surface area contributed by atoms with Gasteiger partial charge in [-0.3, -0.25) is 4.79 Å². The van der Waals surface area contributed by atoms with Crippen molar-refractivity contribution in [2.45, 2.75) is 39.8 Å². The zero-order valence-electron chi connectivity index (χ0n) is 12.6. The summed E-state index contributed by atoms with van der Waals surface area (Å²) in [5.41, 5.74) is 0.888. The van der Waals surface area contributed by atoms with E-state index in [1.807, 2.05) is 26.8 Å². The van der Waals surface area contributed by atoms with E-state index >= 15 is 0 Å². The average molecular weight is 333 g/mol. The van der Waals surface area contributed by atoms with Gasteiger partial charge in [0.05, 0.1) is 18.1 Å². The van der Waals surface area contributed by atoms with Crippen molar-refractivity contribution in [3.8, 4) is 5.75 Å². The summed E-state index contributed by atoms with van der Waals surface area (Å²) in [5, 5.41) is 7.05. The maximum atomic E-state index is 11.6. The first-order chi connectivity index (χ1) is 9.93. The standard InChI is InChI=1S/C15H22Cl2N2O2/c1-4-18-9-11-7-12(16)8-13(17)15(11)21-6-5-14(20)19-10(2)3/h7-8,10,18H,4-6,9H2,1-3H3,(H,19,20). The van der Waals surface area contributed by atoms with Gasteiger partial charge in [-0.2, -0.15) is 0 Å². The second kappa shape index (κ2) is 9.13. The molecule has 0 atom stereocenters. The highest BCUT2D eigenvalue weighted by Crippen LogP contribution is 2.32. The Kier molecular flexibility index (Phi) is 7.86. The zero-order valence-corrected chi connectivity index (χ0v) is 14.1. The number of amides is 1. The molecule has 21 heavy (non-hydrogen) atoms. The van der Waals surface area contributed by atoms with Crippen LogP contribution in [-0.4, -0.2) is 25.1 Å². The molecule has 0 bridgehead atoms.